The zero-order chi connectivity index (χ0) is 11.8. The Morgan fingerprint density at radius 3 is 2.88 bits per heavy atom. The molecule has 2 saturated carbocycles. The highest BCUT2D eigenvalue weighted by molar-refractivity contribution is 9.10. The summed E-state index contributed by atoms with van der Waals surface area (Å²) in [6.45, 7) is 0. The highest BCUT2D eigenvalue weighted by Crippen LogP contribution is 2.44. The van der Waals surface area contributed by atoms with Crippen LogP contribution in [-0.2, 0) is 0 Å². The van der Waals surface area contributed by atoms with Crippen molar-refractivity contribution in [2.45, 2.75) is 31.7 Å². The lowest BCUT2D eigenvalue weighted by Crippen LogP contribution is -2.38. The minimum absolute atomic E-state index is 0.0105. The van der Waals surface area contributed by atoms with Gasteiger partial charge in [-0.25, -0.2) is 0 Å². The second kappa shape index (κ2) is 4.41. The third kappa shape index (κ3) is 2.23. The number of rotatable bonds is 2. The van der Waals surface area contributed by atoms with E-state index in [-0.39, 0.29) is 5.91 Å². The maximum atomic E-state index is 12.1. The zero-order valence-electron chi connectivity index (χ0n) is 9.53. The first kappa shape index (κ1) is 11.2. The van der Waals surface area contributed by atoms with Gasteiger partial charge in [0.2, 0.25) is 0 Å². The van der Waals surface area contributed by atoms with E-state index >= 15 is 0 Å². The van der Waals surface area contributed by atoms with Crippen LogP contribution < -0.4 is 5.32 Å². The fourth-order valence-electron chi connectivity index (χ4n) is 3.21. The minimum Gasteiger partial charge on any atom is -0.349 e. The molecule has 0 radical (unpaired) electrons. The first-order valence-corrected chi connectivity index (χ1v) is 6.93. The summed E-state index contributed by atoms with van der Waals surface area (Å²) >= 11 is 3.33. The second-order valence-electron chi connectivity index (χ2n) is 5.15. The molecule has 0 aromatic carbocycles. The van der Waals surface area contributed by atoms with Gasteiger partial charge in [0.15, 0.2) is 0 Å². The molecule has 1 aromatic heterocycles. The molecule has 1 aromatic rings. The van der Waals surface area contributed by atoms with Gasteiger partial charge < -0.3 is 5.32 Å². The molecule has 1 heterocycles. The molecule has 3 atom stereocenters. The van der Waals surface area contributed by atoms with E-state index in [2.05, 4.69) is 26.2 Å². The van der Waals surface area contributed by atoms with E-state index in [1.807, 2.05) is 6.07 Å². The van der Waals surface area contributed by atoms with Crippen molar-refractivity contribution in [1.82, 2.24) is 10.3 Å². The van der Waals surface area contributed by atoms with Crippen LogP contribution in [0.1, 0.15) is 36.0 Å². The molecule has 2 aliphatic carbocycles. The van der Waals surface area contributed by atoms with Gasteiger partial charge in [0.05, 0.1) is 5.56 Å². The number of nitrogens with zero attached hydrogens (tertiary/aromatic N) is 1. The molecule has 3 unspecified atom stereocenters. The molecular weight excluding hydrogens is 280 g/mol. The van der Waals surface area contributed by atoms with Crippen LogP contribution in [0.15, 0.2) is 22.9 Å². The number of hydrogen-bond donors (Lipinski definition) is 1. The predicted octanol–water partition coefficient (Wildman–Crippen LogP) is 2.76. The number of amides is 1. The average Bonchev–Trinajstić information content (AvgIpc) is 2.91. The molecule has 2 aliphatic rings. The lowest BCUT2D eigenvalue weighted by atomic mass is 9.95. The molecule has 2 fully saturated rings. The summed E-state index contributed by atoms with van der Waals surface area (Å²) < 4.78 is 0.845. The molecule has 1 amide bonds. The number of carbonyl (C=O) groups excluding carboxylic acids is 1. The quantitative estimate of drug-likeness (QED) is 0.911. The predicted molar refractivity (Wildman–Crippen MR) is 68.6 cm³/mol. The molecule has 3 rings (SSSR count). The van der Waals surface area contributed by atoms with Gasteiger partial charge in [-0.1, -0.05) is 6.42 Å². The smallest absolute Gasteiger partial charge is 0.253 e. The SMILES string of the molecule is O=C(NC1CC2CCC1C2)c1cncc(Br)c1. The van der Waals surface area contributed by atoms with Crippen molar-refractivity contribution in [2.24, 2.45) is 11.8 Å². The summed E-state index contributed by atoms with van der Waals surface area (Å²) in [5, 5.41) is 3.15. The molecule has 0 saturated heterocycles. The summed E-state index contributed by atoms with van der Waals surface area (Å²) in [6, 6.07) is 2.20. The third-order valence-corrected chi connectivity index (χ3v) is 4.46. The Morgan fingerprint density at radius 2 is 2.24 bits per heavy atom. The Kier molecular flexibility index (Phi) is 2.90. The molecule has 17 heavy (non-hydrogen) atoms. The van der Waals surface area contributed by atoms with Crippen LogP contribution in [0, 0.1) is 11.8 Å². The Balaban J connectivity index is 1.68. The first-order chi connectivity index (χ1) is 8.22. The van der Waals surface area contributed by atoms with Gasteiger partial charge in [-0.3, -0.25) is 9.78 Å². The number of aromatic nitrogens is 1. The van der Waals surface area contributed by atoms with Crippen LogP contribution in [0.5, 0.6) is 0 Å². The molecule has 0 spiro atoms. The minimum atomic E-state index is 0.0105. The largest absolute Gasteiger partial charge is 0.349 e. The third-order valence-electron chi connectivity index (χ3n) is 4.02. The van der Waals surface area contributed by atoms with Gasteiger partial charge in [0.25, 0.3) is 5.91 Å². The molecule has 1 N–H and O–H groups in total. The van der Waals surface area contributed by atoms with Gasteiger partial charge in [-0.2, -0.15) is 0 Å². The normalized spacial score (nSPS) is 30.5. The second-order valence-corrected chi connectivity index (χ2v) is 6.06. The number of halogens is 1. The number of nitrogens with one attached hydrogen (secondary N) is 1. The molecule has 3 nitrogen and oxygen atoms in total. The van der Waals surface area contributed by atoms with E-state index in [0.717, 1.165) is 16.8 Å². The Morgan fingerprint density at radius 1 is 1.35 bits per heavy atom. The summed E-state index contributed by atoms with van der Waals surface area (Å²) in [4.78, 5) is 16.1. The van der Waals surface area contributed by atoms with Crippen LogP contribution >= 0.6 is 15.9 Å². The van der Waals surface area contributed by atoms with Gasteiger partial charge >= 0.3 is 0 Å². The molecule has 0 aliphatic heterocycles. The highest BCUT2D eigenvalue weighted by Gasteiger charge is 2.40. The summed E-state index contributed by atoms with van der Waals surface area (Å²) in [6.07, 6.45) is 8.42. The van der Waals surface area contributed by atoms with Crippen LogP contribution in [0.3, 0.4) is 0 Å². The first-order valence-electron chi connectivity index (χ1n) is 6.14. The maximum Gasteiger partial charge on any atom is 0.253 e. The summed E-state index contributed by atoms with van der Waals surface area (Å²) in [7, 11) is 0. The van der Waals surface area contributed by atoms with Crippen molar-refractivity contribution in [3.63, 3.8) is 0 Å². The Hall–Kier alpha value is -0.900. The van der Waals surface area contributed by atoms with E-state index in [9.17, 15) is 4.79 Å². The summed E-state index contributed by atoms with van der Waals surface area (Å²) in [5.41, 5.74) is 0.641. The van der Waals surface area contributed by atoms with E-state index in [1.54, 1.807) is 12.4 Å². The number of carbonyl (C=O) groups is 1. The molecule has 2 bridgehead atoms. The standard InChI is InChI=1S/C13H15BrN2O/c14-11-5-10(6-15-7-11)13(17)16-12-4-8-1-2-9(12)3-8/h5-9,12H,1-4H2,(H,16,17). The molecular formula is C13H15BrN2O. The lowest BCUT2D eigenvalue weighted by molar-refractivity contribution is 0.0922. The van der Waals surface area contributed by atoms with Crippen molar-refractivity contribution in [2.75, 3.05) is 0 Å². The average molecular weight is 295 g/mol. The highest BCUT2D eigenvalue weighted by atomic mass is 79.9. The van der Waals surface area contributed by atoms with Crippen LogP contribution in [0.25, 0.3) is 0 Å². The van der Waals surface area contributed by atoms with Crippen molar-refractivity contribution in [3.8, 4) is 0 Å². The summed E-state index contributed by atoms with van der Waals surface area (Å²) in [5.74, 6) is 1.58. The van der Waals surface area contributed by atoms with Gasteiger partial charge in [0, 0.05) is 22.9 Å². The van der Waals surface area contributed by atoms with Crippen molar-refractivity contribution in [3.05, 3.63) is 28.5 Å². The van der Waals surface area contributed by atoms with Crippen molar-refractivity contribution >= 4 is 21.8 Å². The van der Waals surface area contributed by atoms with Gasteiger partial charge in [-0.15, -0.1) is 0 Å². The fraction of sp³-hybridized carbons (Fsp3) is 0.538. The van der Waals surface area contributed by atoms with Gasteiger partial charge in [0.1, 0.15) is 0 Å². The van der Waals surface area contributed by atoms with E-state index in [0.29, 0.717) is 17.5 Å². The number of fused-ring (bicyclic) bond motifs is 2. The van der Waals surface area contributed by atoms with Crippen molar-refractivity contribution in [1.29, 1.82) is 0 Å². The van der Waals surface area contributed by atoms with E-state index in [4.69, 9.17) is 0 Å². The van der Waals surface area contributed by atoms with Crippen LogP contribution in [0.4, 0.5) is 0 Å². The topological polar surface area (TPSA) is 42.0 Å². The van der Waals surface area contributed by atoms with Crippen LogP contribution in [0.2, 0.25) is 0 Å². The van der Waals surface area contributed by atoms with E-state index < -0.39 is 0 Å². The van der Waals surface area contributed by atoms with Gasteiger partial charge in [-0.05, 0) is 53.1 Å². The van der Waals surface area contributed by atoms with Crippen LogP contribution in [-0.4, -0.2) is 16.9 Å². The number of pyridine rings is 1. The Labute approximate surface area is 109 Å². The monoisotopic (exact) mass is 294 g/mol. The molecule has 90 valence electrons. The maximum absolute atomic E-state index is 12.1. The number of hydrogen-bond acceptors (Lipinski definition) is 2. The lowest BCUT2D eigenvalue weighted by Gasteiger charge is -2.22. The molecule has 4 heteroatoms. The van der Waals surface area contributed by atoms with Crippen molar-refractivity contribution < 1.29 is 4.79 Å². The fourth-order valence-corrected chi connectivity index (χ4v) is 3.57. The zero-order valence-corrected chi connectivity index (χ0v) is 11.1. The Bertz CT molecular complexity index is 449. The van der Waals surface area contributed by atoms with E-state index in [1.165, 1.54) is 19.3 Å².